The molecule has 0 aliphatic heterocycles. The molecular weight excluding hydrogens is 336 g/mol. The van der Waals surface area contributed by atoms with Gasteiger partial charge in [0.05, 0.1) is 20.4 Å². The maximum absolute atomic E-state index is 13.8. The summed E-state index contributed by atoms with van der Waals surface area (Å²) in [5.74, 6) is -1.42. The van der Waals surface area contributed by atoms with E-state index in [-0.39, 0.29) is 10.6 Å². The largest absolute Gasteiger partial charge is 0.207 e. The van der Waals surface area contributed by atoms with Crippen LogP contribution in [0.15, 0.2) is 30.3 Å². The van der Waals surface area contributed by atoms with Crippen LogP contribution in [-0.2, 0) is 0 Å². The minimum absolute atomic E-state index is 0.0121. The van der Waals surface area contributed by atoms with Gasteiger partial charge in [-0.2, -0.15) is 0 Å². The highest BCUT2D eigenvalue weighted by Gasteiger charge is 2.18. The molecule has 19 heavy (non-hydrogen) atoms. The molecule has 6 heteroatoms. The molecule has 0 spiro atoms. The van der Waals surface area contributed by atoms with E-state index in [0.717, 1.165) is 12.1 Å². The van der Waals surface area contributed by atoms with Crippen LogP contribution in [0, 0.1) is 11.6 Å². The van der Waals surface area contributed by atoms with Gasteiger partial charge in [0.2, 0.25) is 0 Å². The van der Waals surface area contributed by atoms with Crippen molar-refractivity contribution in [1.82, 2.24) is 0 Å². The van der Waals surface area contributed by atoms with E-state index in [1.165, 1.54) is 6.07 Å². The summed E-state index contributed by atoms with van der Waals surface area (Å²) in [5.41, 5.74) is 0.499. The third-order valence-corrected chi connectivity index (χ3v) is 4.06. The first-order valence-electron chi connectivity index (χ1n) is 5.13. The quantitative estimate of drug-likeness (QED) is 0.447. The van der Waals surface area contributed by atoms with E-state index in [1.54, 1.807) is 12.1 Å². The molecule has 0 amide bonds. The smallest absolute Gasteiger partial charge is 0.142 e. The first kappa shape index (κ1) is 14.9. The zero-order valence-corrected chi connectivity index (χ0v) is 12.3. The van der Waals surface area contributed by atoms with Gasteiger partial charge >= 0.3 is 0 Å². The number of halogens is 6. The maximum atomic E-state index is 13.8. The second-order valence-corrected chi connectivity index (χ2v) is 5.48. The zero-order chi connectivity index (χ0) is 14.2. The van der Waals surface area contributed by atoms with Gasteiger partial charge in [-0.05, 0) is 29.8 Å². The second kappa shape index (κ2) is 5.84. The molecule has 1 atom stereocenters. The Morgan fingerprint density at radius 1 is 0.789 bits per heavy atom. The third-order valence-electron chi connectivity index (χ3n) is 2.55. The Balaban J connectivity index is 2.46. The van der Waals surface area contributed by atoms with Gasteiger partial charge in [0.1, 0.15) is 11.6 Å². The van der Waals surface area contributed by atoms with Crippen LogP contribution in [0.25, 0.3) is 0 Å². The summed E-state index contributed by atoms with van der Waals surface area (Å²) in [6.45, 7) is 0. The van der Waals surface area contributed by atoms with Crippen LogP contribution in [0.3, 0.4) is 0 Å². The van der Waals surface area contributed by atoms with Gasteiger partial charge < -0.3 is 0 Å². The summed E-state index contributed by atoms with van der Waals surface area (Å²) in [7, 11) is 0. The SMILES string of the molecule is Fc1cc(C(Cl)c2ccc(Cl)c(Cl)c2)c(F)cc1Cl. The molecule has 2 aromatic carbocycles. The van der Waals surface area contributed by atoms with Gasteiger partial charge in [-0.15, -0.1) is 11.6 Å². The molecule has 0 radical (unpaired) electrons. The molecule has 1 unspecified atom stereocenters. The molecule has 100 valence electrons. The van der Waals surface area contributed by atoms with E-state index < -0.39 is 17.0 Å². The summed E-state index contributed by atoms with van der Waals surface area (Å²) in [4.78, 5) is 0. The van der Waals surface area contributed by atoms with E-state index in [0.29, 0.717) is 15.6 Å². The first-order valence-corrected chi connectivity index (χ1v) is 6.70. The summed E-state index contributed by atoms with van der Waals surface area (Å²) in [6, 6.07) is 6.50. The van der Waals surface area contributed by atoms with Gasteiger partial charge in [-0.3, -0.25) is 0 Å². The molecule has 0 aromatic heterocycles. The number of alkyl halides is 1. The molecule has 0 saturated carbocycles. The third kappa shape index (κ3) is 3.14. The highest BCUT2D eigenvalue weighted by atomic mass is 35.5. The molecule has 0 N–H and O–H groups in total. The monoisotopic (exact) mass is 340 g/mol. The Kier molecular flexibility index (Phi) is 4.57. The van der Waals surface area contributed by atoms with Crippen molar-refractivity contribution in [3.05, 3.63) is 68.2 Å². The lowest BCUT2D eigenvalue weighted by Crippen LogP contribution is -1.99. The highest BCUT2D eigenvalue weighted by molar-refractivity contribution is 6.42. The van der Waals surface area contributed by atoms with Gasteiger partial charge in [-0.25, -0.2) is 8.78 Å². The molecule has 2 rings (SSSR count). The predicted octanol–water partition coefficient (Wildman–Crippen LogP) is 6.25. The van der Waals surface area contributed by atoms with Crippen molar-refractivity contribution in [3.8, 4) is 0 Å². The average molecular weight is 342 g/mol. The van der Waals surface area contributed by atoms with Crippen molar-refractivity contribution in [2.45, 2.75) is 5.38 Å². The molecular formula is C13H6Cl4F2. The second-order valence-electron chi connectivity index (χ2n) is 3.82. The van der Waals surface area contributed by atoms with E-state index in [4.69, 9.17) is 46.4 Å². The number of hydrogen-bond donors (Lipinski definition) is 0. The van der Waals surface area contributed by atoms with Gasteiger partial charge in [-0.1, -0.05) is 40.9 Å². The van der Waals surface area contributed by atoms with Crippen LogP contribution in [0.2, 0.25) is 15.1 Å². The van der Waals surface area contributed by atoms with E-state index in [1.807, 2.05) is 0 Å². The van der Waals surface area contributed by atoms with Crippen LogP contribution >= 0.6 is 46.4 Å². The highest BCUT2D eigenvalue weighted by Crippen LogP contribution is 2.35. The Morgan fingerprint density at radius 2 is 1.47 bits per heavy atom. The molecule has 0 aliphatic rings. The normalized spacial score (nSPS) is 12.5. The molecule has 0 heterocycles. The average Bonchev–Trinajstić information content (AvgIpc) is 2.36. The topological polar surface area (TPSA) is 0 Å². The summed E-state index contributed by atoms with van der Waals surface area (Å²) >= 11 is 23.3. The standard InChI is InChI=1S/C13H6Cl4F2/c14-8-2-1-6(3-9(8)15)13(17)7-4-12(19)10(16)5-11(7)18/h1-5,13H. The first-order chi connectivity index (χ1) is 8.90. The summed E-state index contributed by atoms with van der Waals surface area (Å²) in [6.07, 6.45) is 0. The predicted molar refractivity (Wildman–Crippen MR) is 75.5 cm³/mol. The zero-order valence-electron chi connectivity index (χ0n) is 9.23. The lowest BCUT2D eigenvalue weighted by atomic mass is 10.0. The molecule has 0 bridgehead atoms. The Labute approximate surface area is 128 Å². The number of hydrogen-bond acceptors (Lipinski definition) is 0. The fraction of sp³-hybridized carbons (Fsp3) is 0.0769. The van der Waals surface area contributed by atoms with Crippen LogP contribution in [-0.4, -0.2) is 0 Å². The minimum atomic E-state index is -0.887. The fourth-order valence-electron chi connectivity index (χ4n) is 1.58. The Hall–Kier alpha value is -0.540. The Bertz CT molecular complexity index is 628. The van der Waals surface area contributed by atoms with Crippen LogP contribution in [0.1, 0.15) is 16.5 Å². The lowest BCUT2D eigenvalue weighted by Gasteiger charge is -2.13. The van der Waals surface area contributed by atoms with Crippen LogP contribution in [0.4, 0.5) is 8.78 Å². The Morgan fingerprint density at radius 3 is 2.11 bits per heavy atom. The number of benzene rings is 2. The van der Waals surface area contributed by atoms with Crippen molar-refractivity contribution in [2.24, 2.45) is 0 Å². The van der Waals surface area contributed by atoms with Crippen LogP contribution < -0.4 is 0 Å². The molecule has 2 aromatic rings. The van der Waals surface area contributed by atoms with E-state index >= 15 is 0 Å². The van der Waals surface area contributed by atoms with Gasteiger partial charge in [0.25, 0.3) is 0 Å². The molecule has 0 nitrogen and oxygen atoms in total. The molecule has 0 aliphatic carbocycles. The van der Waals surface area contributed by atoms with Crippen molar-refractivity contribution < 1.29 is 8.78 Å². The van der Waals surface area contributed by atoms with Crippen molar-refractivity contribution in [3.63, 3.8) is 0 Å². The summed E-state index contributed by atoms with van der Waals surface area (Å²) in [5, 5.41) is -0.530. The van der Waals surface area contributed by atoms with Crippen LogP contribution in [0.5, 0.6) is 0 Å². The lowest BCUT2D eigenvalue weighted by molar-refractivity contribution is 0.587. The molecule has 0 fully saturated rings. The van der Waals surface area contributed by atoms with Gasteiger partial charge in [0, 0.05) is 5.56 Å². The van der Waals surface area contributed by atoms with Crippen molar-refractivity contribution >= 4 is 46.4 Å². The van der Waals surface area contributed by atoms with E-state index in [2.05, 4.69) is 0 Å². The van der Waals surface area contributed by atoms with Crippen molar-refractivity contribution in [2.75, 3.05) is 0 Å². The van der Waals surface area contributed by atoms with E-state index in [9.17, 15) is 8.78 Å². The fourth-order valence-corrected chi connectivity index (χ4v) is 2.34. The maximum Gasteiger partial charge on any atom is 0.142 e. The van der Waals surface area contributed by atoms with Gasteiger partial charge in [0.15, 0.2) is 0 Å². The summed E-state index contributed by atoms with van der Waals surface area (Å²) < 4.78 is 27.1. The van der Waals surface area contributed by atoms with Crippen molar-refractivity contribution in [1.29, 1.82) is 0 Å². The number of rotatable bonds is 2. The minimum Gasteiger partial charge on any atom is -0.207 e. The molecule has 0 saturated heterocycles.